The summed E-state index contributed by atoms with van der Waals surface area (Å²) in [6.45, 7) is 0. The monoisotopic (exact) mass is 370 g/mol. The van der Waals surface area contributed by atoms with Crippen molar-refractivity contribution in [1.82, 2.24) is 30.3 Å². The molecule has 0 saturated carbocycles. The van der Waals surface area contributed by atoms with Crippen LogP contribution in [0.2, 0.25) is 0 Å². The molecule has 4 aromatic heterocycles. The Kier molecular flexibility index (Phi) is 6.01. The van der Waals surface area contributed by atoms with Gasteiger partial charge in [0.2, 0.25) is 17.6 Å². The SMILES string of the molecule is CO.c1ccc(-c2noc(CSc3nnc(-c4ccncc4)o3)n2)nc1. The Bertz CT molecular complexity index is 852. The summed E-state index contributed by atoms with van der Waals surface area (Å²) in [6.07, 6.45) is 5.02. The number of aliphatic hydroxyl groups is 1. The highest BCUT2D eigenvalue weighted by Crippen LogP contribution is 2.25. The smallest absolute Gasteiger partial charge is 0.277 e. The van der Waals surface area contributed by atoms with Gasteiger partial charge in [0.15, 0.2) is 0 Å². The van der Waals surface area contributed by atoms with E-state index in [-0.39, 0.29) is 0 Å². The molecule has 26 heavy (non-hydrogen) atoms. The summed E-state index contributed by atoms with van der Waals surface area (Å²) < 4.78 is 10.8. The molecule has 0 fully saturated rings. The molecule has 0 aliphatic heterocycles. The van der Waals surface area contributed by atoms with Gasteiger partial charge in [-0.2, -0.15) is 4.98 Å². The van der Waals surface area contributed by atoms with Crippen LogP contribution in [0.4, 0.5) is 0 Å². The van der Waals surface area contributed by atoms with Crippen LogP contribution < -0.4 is 0 Å². The van der Waals surface area contributed by atoms with Crippen LogP contribution in [0.25, 0.3) is 23.0 Å². The maximum Gasteiger partial charge on any atom is 0.277 e. The van der Waals surface area contributed by atoms with E-state index in [9.17, 15) is 0 Å². The van der Waals surface area contributed by atoms with Gasteiger partial charge in [-0.3, -0.25) is 9.97 Å². The van der Waals surface area contributed by atoms with E-state index in [0.29, 0.717) is 34.3 Å². The minimum absolute atomic E-state index is 0.428. The third-order valence-electron chi connectivity index (χ3n) is 3.01. The Hall–Kier alpha value is -3.11. The second kappa shape index (κ2) is 8.83. The molecule has 9 nitrogen and oxygen atoms in total. The van der Waals surface area contributed by atoms with Crippen molar-refractivity contribution in [3.63, 3.8) is 0 Å². The number of aliphatic hydroxyl groups excluding tert-OH is 1. The van der Waals surface area contributed by atoms with Crippen molar-refractivity contribution in [1.29, 1.82) is 0 Å². The third-order valence-corrected chi connectivity index (χ3v) is 3.82. The van der Waals surface area contributed by atoms with Gasteiger partial charge in [0, 0.05) is 31.3 Å². The van der Waals surface area contributed by atoms with Crippen LogP contribution in [-0.2, 0) is 5.75 Å². The van der Waals surface area contributed by atoms with Gasteiger partial charge >= 0.3 is 0 Å². The summed E-state index contributed by atoms with van der Waals surface area (Å²) in [5, 5.41) is 19.4. The van der Waals surface area contributed by atoms with Gasteiger partial charge in [-0.05, 0) is 24.3 Å². The fourth-order valence-corrected chi connectivity index (χ4v) is 2.52. The Morgan fingerprint density at radius 3 is 2.65 bits per heavy atom. The van der Waals surface area contributed by atoms with Gasteiger partial charge in [-0.1, -0.05) is 23.0 Å². The average molecular weight is 370 g/mol. The Balaban J connectivity index is 0.000000948. The van der Waals surface area contributed by atoms with Gasteiger partial charge < -0.3 is 14.0 Å². The first-order valence-corrected chi connectivity index (χ1v) is 8.42. The van der Waals surface area contributed by atoms with Gasteiger partial charge in [0.1, 0.15) is 5.69 Å². The highest BCUT2D eigenvalue weighted by molar-refractivity contribution is 7.98. The molecule has 1 N–H and O–H groups in total. The number of thioether (sulfide) groups is 1. The molecule has 4 heterocycles. The van der Waals surface area contributed by atoms with E-state index in [0.717, 1.165) is 12.7 Å². The summed E-state index contributed by atoms with van der Waals surface area (Å²) in [5.74, 6) is 1.79. The van der Waals surface area contributed by atoms with Crippen molar-refractivity contribution >= 4 is 11.8 Å². The van der Waals surface area contributed by atoms with Crippen LogP contribution in [0.1, 0.15) is 5.89 Å². The van der Waals surface area contributed by atoms with Crippen LogP contribution in [0.15, 0.2) is 63.1 Å². The zero-order chi connectivity index (χ0) is 18.2. The van der Waals surface area contributed by atoms with Crippen molar-refractivity contribution in [3.8, 4) is 23.0 Å². The minimum Gasteiger partial charge on any atom is -0.411 e. The van der Waals surface area contributed by atoms with Crippen molar-refractivity contribution < 1.29 is 14.0 Å². The molecule has 4 aromatic rings. The van der Waals surface area contributed by atoms with Gasteiger partial charge in [0.05, 0.1) is 5.75 Å². The lowest BCUT2D eigenvalue weighted by atomic mass is 10.3. The van der Waals surface area contributed by atoms with Crippen molar-refractivity contribution in [3.05, 3.63) is 54.8 Å². The molecule has 0 aliphatic carbocycles. The molecule has 0 radical (unpaired) electrons. The fraction of sp³-hybridized carbons (Fsp3) is 0.125. The van der Waals surface area contributed by atoms with Crippen LogP contribution >= 0.6 is 11.8 Å². The molecule has 132 valence electrons. The molecule has 4 rings (SSSR count). The summed E-state index contributed by atoms with van der Waals surface area (Å²) >= 11 is 1.32. The standard InChI is InChI=1S/C15H10N6O2S.CH4O/c1-2-6-17-11(3-1)13-18-12(23-21-13)9-24-15-20-19-14(22-15)10-4-7-16-8-5-10;1-2/h1-8H,9H2;2H,1H3. The number of aromatic nitrogens is 6. The summed E-state index contributed by atoms with van der Waals surface area (Å²) in [5.41, 5.74) is 1.48. The lowest BCUT2D eigenvalue weighted by molar-refractivity contribution is 0.390. The van der Waals surface area contributed by atoms with E-state index < -0.39 is 0 Å². The summed E-state index contributed by atoms with van der Waals surface area (Å²) in [7, 11) is 1.00. The molecule has 10 heteroatoms. The number of rotatable bonds is 5. The lowest BCUT2D eigenvalue weighted by Crippen LogP contribution is -1.85. The Morgan fingerprint density at radius 2 is 1.88 bits per heavy atom. The molecule has 0 aliphatic rings. The Labute approximate surface area is 152 Å². The van der Waals surface area contributed by atoms with Gasteiger partial charge in [0.25, 0.3) is 5.22 Å². The quantitative estimate of drug-likeness (QED) is 0.524. The maximum absolute atomic E-state index is 7.00. The zero-order valence-corrected chi connectivity index (χ0v) is 14.5. The molecule has 0 saturated heterocycles. The predicted octanol–water partition coefficient (Wildman–Crippen LogP) is 2.48. The van der Waals surface area contributed by atoms with Gasteiger partial charge in [-0.15, -0.1) is 10.2 Å². The first kappa shape index (κ1) is 17.7. The highest BCUT2D eigenvalue weighted by atomic mass is 32.2. The number of hydrogen-bond donors (Lipinski definition) is 1. The van der Waals surface area contributed by atoms with E-state index >= 15 is 0 Å². The van der Waals surface area contributed by atoms with E-state index in [1.165, 1.54) is 11.8 Å². The molecule has 0 aromatic carbocycles. The second-order valence-electron chi connectivity index (χ2n) is 4.62. The molecule has 0 bridgehead atoms. The van der Waals surface area contributed by atoms with Crippen LogP contribution in [0.3, 0.4) is 0 Å². The molecular weight excluding hydrogens is 356 g/mol. The predicted molar refractivity (Wildman–Crippen MR) is 92.8 cm³/mol. The van der Waals surface area contributed by atoms with E-state index in [4.69, 9.17) is 14.0 Å². The van der Waals surface area contributed by atoms with Crippen LogP contribution in [0, 0.1) is 0 Å². The molecule has 0 amide bonds. The third kappa shape index (κ3) is 4.29. The summed E-state index contributed by atoms with van der Waals surface area (Å²) in [6, 6.07) is 9.13. The minimum atomic E-state index is 0.428. The topological polar surface area (TPSA) is 124 Å². The number of pyridine rings is 2. The van der Waals surface area contributed by atoms with Gasteiger partial charge in [-0.25, -0.2) is 0 Å². The van der Waals surface area contributed by atoms with E-state index in [2.05, 4.69) is 30.3 Å². The largest absolute Gasteiger partial charge is 0.411 e. The molecule has 0 atom stereocenters. The summed E-state index contributed by atoms with van der Waals surface area (Å²) in [4.78, 5) is 12.4. The second-order valence-corrected chi connectivity index (χ2v) is 5.55. The average Bonchev–Trinajstić information content (AvgIpc) is 3.39. The van der Waals surface area contributed by atoms with E-state index in [1.807, 2.05) is 18.2 Å². The molecule has 0 spiro atoms. The first-order valence-electron chi connectivity index (χ1n) is 7.44. The number of hydrogen-bond acceptors (Lipinski definition) is 10. The van der Waals surface area contributed by atoms with Crippen molar-refractivity contribution in [2.75, 3.05) is 7.11 Å². The van der Waals surface area contributed by atoms with Crippen molar-refractivity contribution in [2.24, 2.45) is 0 Å². The van der Waals surface area contributed by atoms with E-state index in [1.54, 1.807) is 30.7 Å². The van der Waals surface area contributed by atoms with Crippen molar-refractivity contribution in [2.45, 2.75) is 11.0 Å². The van der Waals surface area contributed by atoms with Crippen LogP contribution in [0.5, 0.6) is 0 Å². The number of nitrogens with zero attached hydrogens (tertiary/aromatic N) is 6. The fourth-order valence-electron chi connectivity index (χ4n) is 1.92. The maximum atomic E-state index is 7.00. The molecule has 0 unspecified atom stereocenters. The lowest BCUT2D eigenvalue weighted by Gasteiger charge is -1.92. The Morgan fingerprint density at radius 1 is 1.04 bits per heavy atom. The molecular formula is C16H14N6O3S. The zero-order valence-electron chi connectivity index (χ0n) is 13.7. The normalized spacial score (nSPS) is 10.2. The van der Waals surface area contributed by atoms with Crippen LogP contribution in [-0.4, -0.2) is 42.5 Å². The first-order chi connectivity index (χ1) is 12.9. The highest BCUT2D eigenvalue weighted by Gasteiger charge is 2.13.